The minimum atomic E-state index is -0.0669. The van der Waals surface area contributed by atoms with E-state index in [4.69, 9.17) is 16.3 Å². The summed E-state index contributed by atoms with van der Waals surface area (Å²) < 4.78 is 5.96. The highest BCUT2D eigenvalue weighted by Crippen LogP contribution is 2.57. The van der Waals surface area contributed by atoms with Gasteiger partial charge in [0.25, 0.3) is 0 Å². The topological polar surface area (TPSA) is 9.23 Å². The van der Waals surface area contributed by atoms with Crippen molar-refractivity contribution in [3.63, 3.8) is 0 Å². The van der Waals surface area contributed by atoms with Gasteiger partial charge in [-0.3, -0.25) is 0 Å². The van der Waals surface area contributed by atoms with E-state index in [2.05, 4.69) is 13.8 Å². The van der Waals surface area contributed by atoms with Crippen molar-refractivity contribution in [3.05, 3.63) is 0 Å². The first-order valence-corrected chi connectivity index (χ1v) is 6.41. The van der Waals surface area contributed by atoms with Gasteiger partial charge in [0.2, 0.25) is 0 Å². The van der Waals surface area contributed by atoms with Gasteiger partial charge in [0, 0.05) is 0 Å². The second-order valence-electron chi connectivity index (χ2n) is 5.12. The highest BCUT2D eigenvalue weighted by molar-refractivity contribution is 6.19. The molecule has 2 aliphatic carbocycles. The van der Waals surface area contributed by atoms with Crippen LogP contribution >= 0.6 is 11.6 Å². The Morgan fingerprint density at radius 2 is 2.14 bits per heavy atom. The van der Waals surface area contributed by atoms with E-state index in [1.807, 2.05) is 0 Å². The quantitative estimate of drug-likeness (QED) is 0.647. The van der Waals surface area contributed by atoms with Crippen LogP contribution in [0.2, 0.25) is 0 Å². The van der Waals surface area contributed by atoms with Gasteiger partial charge in [0.15, 0.2) is 0 Å². The SMILES string of the molecule is CCC(C)C(Cl)OC1CCC12CCC2. The second kappa shape index (κ2) is 4.02. The van der Waals surface area contributed by atoms with Crippen LogP contribution in [0.25, 0.3) is 0 Å². The molecule has 1 nitrogen and oxygen atoms in total. The minimum Gasteiger partial charge on any atom is -0.358 e. The molecule has 82 valence electrons. The molecule has 2 saturated carbocycles. The molecule has 3 unspecified atom stereocenters. The number of halogens is 1. The molecule has 3 atom stereocenters. The summed E-state index contributed by atoms with van der Waals surface area (Å²) in [6.07, 6.45) is 8.35. The lowest BCUT2D eigenvalue weighted by atomic mass is 9.54. The first-order valence-electron chi connectivity index (χ1n) is 5.97. The normalized spacial score (nSPS) is 33.2. The van der Waals surface area contributed by atoms with Crippen LogP contribution in [-0.2, 0) is 4.74 Å². The molecule has 0 bridgehead atoms. The summed E-state index contributed by atoms with van der Waals surface area (Å²) in [5.41, 5.74) is 0.503. The van der Waals surface area contributed by atoms with Crippen LogP contribution in [-0.4, -0.2) is 11.7 Å². The summed E-state index contributed by atoms with van der Waals surface area (Å²) in [4.78, 5) is 0. The molecule has 2 fully saturated rings. The summed E-state index contributed by atoms with van der Waals surface area (Å²) in [7, 11) is 0. The van der Waals surface area contributed by atoms with Crippen molar-refractivity contribution in [2.75, 3.05) is 0 Å². The smallest absolute Gasteiger partial charge is 0.134 e. The standard InChI is InChI=1S/C12H21ClO/c1-3-9(2)11(13)14-10-5-8-12(10)6-4-7-12/h9-11H,3-8H2,1-2H3. The fraction of sp³-hybridized carbons (Fsp3) is 1.00. The highest BCUT2D eigenvalue weighted by atomic mass is 35.5. The maximum atomic E-state index is 6.23. The van der Waals surface area contributed by atoms with Gasteiger partial charge >= 0.3 is 0 Å². The van der Waals surface area contributed by atoms with E-state index in [9.17, 15) is 0 Å². The van der Waals surface area contributed by atoms with Crippen LogP contribution < -0.4 is 0 Å². The molecule has 1 spiro atoms. The maximum absolute atomic E-state index is 6.23. The average molecular weight is 217 g/mol. The number of hydrogen-bond donors (Lipinski definition) is 0. The van der Waals surface area contributed by atoms with E-state index in [1.165, 1.54) is 32.1 Å². The molecule has 0 heterocycles. The Hall–Kier alpha value is 0.250. The third kappa shape index (κ3) is 1.69. The van der Waals surface area contributed by atoms with Crippen LogP contribution in [0.15, 0.2) is 0 Å². The molecule has 0 aliphatic heterocycles. The Kier molecular flexibility index (Phi) is 3.09. The van der Waals surface area contributed by atoms with E-state index in [0.717, 1.165) is 6.42 Å². The monoisotopic (exact) mass is 216 g/mol. The zero-order chi connectivity index (χ0) is 10.2. The molecule has 14 heavy (non-hydrogen) atoms. The fourth-order valence-corrected chi connectivity index (χ4v) is 2.86. The summed E-state index contributed by atoms with van der Waals surface area (Å²) in [5.74, 6) is 0.481. The maximum Gasteiger partial charge on any atom is 0.134 e. The van der Waals surface area contributed by atoms with Gasteiger partial charge in [0.1, 0.15) is 5.56 Å². The zero-order valence-electron chi connectivity index (χ0n) is 9.26. The van der Waals surface area contributed by atoms with Crippen molar-refractivity contribution in [1.82, 2.24) is 0 Å². The van der Waals surface area contributed by atoms with E-state index < -0.39 is 0 Å². The molecule has 0 aromatic rings. The summed E-state index contributed by atoms with van der Waals surface area (Å²) in [6.45, 7) is 4.34. The summed E-state index contributed by atoms with van der Waals surface area (Å²) in [6, 6.07) is 0. The van der Waals surface area contributed by atoms with Gasteiger partial charge < -0.3 is 4.74 Å². The van der Waals surface area contributed by atoms with E-state index in [0.29, 0.717) is 17.4 Å². The van der Waals surface area contributed by atoms with Crippen LogP contribution in [0.5, 0.6) is 0 Å². The number of rotatable bonds is 4. The Balaban J connectivity index is 1.80. The molecule has 2 heteroatoms. The third-order valence-corrected chi connectivity index (χ3v) is 4.86. The lowest BCUT2D eigenvalue weighted by Gasteiger charge is -2.56. The van der Waals surface area contributed by atoms with Crippen LogP contribution in [0.1, 0.15) is 52.4 Å². The molecule has 0 amide bonds. The summed E-state index contributed by atoms with van der Waals surface area (Å²) >= 11 is 6.23. The van der Waals surface area contributed by atoms with Gasteiger partial charge in [-0.1, -0.05) is 31.9 Å². The first-order chi connectivity index (χ1) is 6.68. The Bertz CT molecular complexity index is 195. The molecule has 2 aliphatic rings. The minimum absolute atomic E-state index is 0.0669. The zero-order valence-corrected chi connectivity index (χ0v) is 10.0. The van der Waals surface area contributed by atoms with Crippen molar-refractivity contribution < 1.29 is 4.74 Å². The predicted octanol–water partition coefficient (Wildman–Crippen LogP) is 3.95. The van der Waals surface area contributed by atoms with E-state index in [1.54, 1.807) is 0 Å². The first kappa shape index (κ1) is 10.8. The molecule has 0 N–H and O–H groups in total. The van der Waals surface area contributed by atoms with Gasteiger partial charge in [0.05, 0.1) is 6.10 Å². The largest absolute Gasteiger partial charge is 0.358 e. The van der Waals surface area contributed by atoms with E-state index in [-0.39, 0.29) is 5.56 Å². The van der Waals surface area contributed by atoms with Crippen LogP contribution in [0.3, 0.4) is 0 Å². The Labute approximate surface area is 92.2 Å². The van der Waals surface area contributed by atoms with Crippen molar-refractivity contribution in [2.45, 2.75) is 64.0 Å². The molecule has 0 saturated heterocycles. The average Bonchev–Trinajstić information content (AvgIpc) is 2.08. The van der Waals surface area contributed by atoms with Gasteiger partial charge in [-0.15, -0.1) is 0 Å². The molecular weight excluding hydrogens is 196 g/mol. The molecule has 2 rings (SSSR count). The second-order valence-corrected chi connectivity index (χ2v) is 5.55. The fourth-order valence-electron chi connectivity index (χ4n) is 2.56. The van der Waals surface area contributed by atoms with E-state index >= 15 is 0 Å². The molecule has 0 aromatic carbocycles. The lowest BCUT2D eigenvalue weighted by Crippen LogP contribution is -2.52. The van der Waals surface area contributed by atoms with Crippen molar-refractivity contribution >= 4 is 11.6 Å². The Morgan fingerprint density at radius 3 is 2.50 bits per heavy atom. The number of ether oxygens (including phenoxy) is 1. The molecule has 0 radical (unpaired) electrons. The summed E-state index contributed by atoms with van der Waals surface area (Å²) in [5, 5.41) is 0. The lowest BCUT2D eigenvalue weighted by molar-refractivity contribution is -0.167. The van der Waals surface area contributed by atoms with Gasteiger partial charge in [-0.25, -0.2) is 0 Å². The van der Waals surface area contributed by atoms with Crippen molar-refractivity contribution in [2.24, 2.45) is 11.3 Å². The Morgan fingerprint density at radius 1 is 1.43 bits per heavy atom. The molecule has 0 aromatic heterocycles. The number of alkyl halides is 1. The van der Waals surface area contributed by atoms with Gasteiger partial charge in [-0.2, -0.15) is 0 Å². The van der Waals surface area contributed by atoms with Crippen molar-refractivity contribution in [1.29, 1.82) is 0 Å². The third-order valence-electron chi connectivity index (χ3n) is 4.32. The molecular formula is C12H21ClO. The highest BCUT2D eigenvalue weighted by Gasteiger charge is 2.52. The van der Waals surface area contributed by atoms with Crippen LogP contribution in [0, 0.1) is 11.3 Å². The van der Waals surface area contributed by atoms with Crippen molar-refractivity contribution in [3.8, 4) is 0 Å². The van der Waals surface area contributed by atoms with Crippen LogP contribution in [0.4, 0.5) is 0 Å². The van der Waals surface area contributed by atoms with Gasteiger partial charge in [-0.05, 0) is 43.4 Å². The number of hydrogen-bond acceptors (Lipinski definition) is 1. The predicted molar refractivity (Wildman–Crippen MR) is 59.5 cm³/mol.